The highest BCUT2D eigenvalue weighted by Crippen LogP contribution is 2.25. The van der Waals surface area contributed by atoms with E-state index in [0.29, 0.717) is 33.9 Å². The van der Waals surface area contributed by atoms with Crippen molar-refractivity contribution in [3.63, 3.8) is 0 Å². The van der Waals surface area contributed by atoms with Gasteiger partial charge in [-0.1, -0.05) is 58.2 Å². The number of aryl methyl sites for hydroxylation is 2. The minimum atomic E-state index is -0.209. The number of aromatic nitrogens is 2. The predicted molar refractivity (Wildman–Crippen MR) is 97.9 cm³/mol. The van der Waals surface area contributed by atoms with Gasteiger partial charge in [-0.3, -0.25) is 4.79 Å². The second-order valence-electron chi connectivity index (χ2n) is 5.55. The fraction of sp³-hybridized carbons (Fsp3) is 0.167. The first-order valence-electron chi connectivity index (χ1n) is 7.66. The Hall–Kier alpha value is -2.37. The van der Waals surface area contributed by atoms with Crippen LogP contribution < -0.4 is 5.32 Å². The Morgan fingerprint density at radius 1 is 1.16 bits per heavy atom. The topological polar surface area (TPSA) is 68.0 Å². The Bertz CT molecular complexity index is 892. The third-order valence-corrected chi connectivity index (χ3v) is 4.11. The Balaban J connectivity index is 1.59. The van der Waals surface area contributed by atoms with E-state index < -0.39 is 0 Å². The van der Waals surface area contributed by atoms with Gasteiger partial charge in [0.15, 0.2) is 0 Å². The Kier molecular flexibility index (Phi) is 5.36. The Morgan fingerprint density at radius 2 is 1.92 bits per heavy atom. The van der Waals surface area contributed by atoms with Gasteiger partial charge >= 0.3 is 0 Å². The van der Waals surface area contributed by atoms with Crippen LogP contribution in [0.1, 0.15) is 17.9 Å². The van der Waals surface area contributed by atoms with E-state index in [4.69, 9.17) is 27.7 Å². The highest BCUT2D eigenvalue weighted by atomic mass is 35.5. The summed E-state index contributed by atoms with van der Waals surface area (Å²) in [6.07, 6.45) is 0.529. The van der Waals surface area contributed by atoms with Crippen molar-refractivity contribution in [2.45, 2.75) is 19.8 Å². The second-order valence-corrected chi connectivity index (χ2v) is 6.39. The summed E-state index contributed by atoms with van der Waals surface area (Å²) < 4.78 is 5.20. The smallest absolute Gasteiger partial charge is 0.227 e. The number of carbonyl (C=O) groups is 1. The molecular formula is C18H15Cl2N3O2. The second kappa shape index (κ2) is 7.68. The average Bonchev–Trinajstić information content (AvgIpc) is 3.06. The number of anilines is 1. The van der Waals surface area contributed by atoms with Gasteiger partial charge in [-0.2, -0.15) is 4.98 Å². The summed E-state index contributed by atoms with van der Waals surface area (Å²) in [5.41, 5.74) is 2.50. The molecule has 1 amide bonds. The molecule has 128 valence electrons. The van der Waals surface area contributed by atoms with Crippen LogP contribution in [0.15, 0.2) is 47.0 Å². The molecule has 3 aromatic rings. The molecule has 0 bridgehead atoms. The van der Waals surface area contributed by atoms with Crippen LogP contribution in [0.5, 0.6) is 0 Å². The van der Waals surface area contributed by atoms with Gasteiger partial charge in [0.25, 0.3) is 0 Å². The number of nitrogens with zero attached hydrogens (tertiary/aromatic N) is 2. The molecule has 0 aliphatic rings. The number of benzene rings is 2. The number of hydrogen-bond acceptors (Lipinski definition) is 4. The molecule has 0 aliphatic heterocycles. The highest BCUT2D eigenvalue weighted by molar-refractivity contribution is 6.35. The van der Waals surface area contributed by atoms with Gasteiger partial charge in [0.05, 0.1) is 10.7 Å². The molecule has 0 atom stereocenters. The average molecular weight is 376 g/mol. The van der Waals surface area contributed by atoms with Gasteiger partial charge in [-0.15, -0.1) is 0 Å². The Morgan fingerprint density at radius 3 is 2.68 bits per heavy atom. The Labute approximate surface area is 155 Å². The molecule has 2 aromatic carbocycles. The minimum Gasteiger partial charge on any atom is -0.339 e. The molecule has 1 aromatic heterocycles. The van der Waals surface area contributed by atoms with Crippen molar-refractivity contribution in [2.24, 2.45) is 0 Å². The largest absolute Gasteiger partial charge is 0.339 e. The van der Waals surface area contributed by atoms with Crippen molar-refractivity contribution in [2.75, 3.05) is 5.32 Å². The van der Waals surface area contributed by atoms with E-state index in [1.165, 1.54) is 0 Å². The lowest BCUT2D eigenvalue weighted by Gasteiger charge is -2.06. The van der Waals surface area contributed by atoms with Gasteiger partial charge in [0, 0.05) is 23.4 Å². The number of carbonyl (C=O) groups excluding carboxylic acids is 1. The number of amides is 1. The summed E-state index contributed by atoms with van der Waals surface area (Å²) in [4.78, 5) is 16.4. The molecule has 5 nitrogen and oxygen atoms in total. The summed E-state index contributed by atoms with van der Waals surface area (Å²) in [5, 5.41) is 7.60. The lowest BCUT2D eigenvalue weighted by Crippen LogP contribution is -2.12. The molecule has 3 rings (SSSR count). The fourth-order valence-electron chi connectivity index (χ4n) is 2.20. The quantitative estimate of drug-likeness (QED) is 0.686. The first-order valence-corrected chi connectivity index (χ1v) is 8.41. The molecule has 0 fully saturated rings. The van der Waals surface area contributed by atoms with Gasteiger partial charge in [-0.05, 0) is 25.1 Å². The highest BCUT2D eigenvalue weighted by Gasteiger charge is 2.12. The number of nitrogens with one attached hydrogen (secondary N) is 1. The van der Waals surface area contributed by atoms with Crippen LogP contribution in [-0.4, -0.2) is 16.0 Å². The third kappa shape index (κ3) is 4.59. The van der Waals surface area contributed by atoms with E-state index in [0.717, 1.165) is 11.1 Å². The first-order chi connectivity index (χ1) is 12.0. The van der Waals surface area contributed by atoms with E-state index in [-0.39, 0.29) is 12.3 Å². The standard InChI is InChI=1S/C18H15Cl2N3O2/c1-11-2-4-12(5-3-11)18-22-17(25-23-18)9-8-16(24)21-15-10-13(19)6-7-14(15)20/h2-7,10H,8-9H2,1H3,(H,21,24). The van der Waals surface area contributed by atoms with Gasteiger partial charge in [0.1, 0.15) is 0 Å². The van der Waals surface area contributed by atoms with Crippen LogP contribution in [0.3, 0.4) is 0 Å². The zero-order chi connectivity index (χ0) is 17.8. The molecule has 7 heteroatoms. The molecule has 0 radical (unpaired) electrons. The summed E-state index contributed by atoms with van der Waals surface area (Å²) >= 11 is 11.9. The molecule has 0 saturated carbocycles. The van der Waals surface area contributed by atoms with Crippen molar-refractivity contribution in [1.29, 1.82) is 0 Å². The molecule has 0 spiro atoms. The monoisotopic (exact) mass is 375 g/mol. The predicted octanol–water partition coefficient (Wildman–Crippen LogP) is 4.92. The van der Waals surface area contributed by atoms with Crippen molar-refractivity contribution in [1.82, 2.24) is 10.1 Å². The van der Waals surface area contributed by atoms with Crippen molar-refractivity contribution < 1.29 is 9.32 Å². The SMILES string of the molecule is Cc1ccc(-c2noc(CCC(=O)Nc3cc(Cl)ccc3Cl)n2)cc1. The van der Waals surface area contributed by atoms with Gasteiger partial charge < -0.3 is 9.84 Å². The lowest BCUT2D eigenvalue weighted by atomic mass is 10.1. The maximum Gasteiger partial charge on any atom is 0.227 e. The van der Waals surface area contributed by atoms with Crippen LogP contribution in [0, 0.1) is 6.92 Å². The van der Waals surface area contributed by atoms with Crippen molar-refractivity contribution in [3.05, 3.63) is 64.0 Å². The maximum absolute atomic E-state index is 12.1. The molecule has 1 heterocycles. The fourth-order valence-corrected chi connectivity index (χ4v) is 2.54. The van der Waals surface area contributed by atoms with Crippen LogP contribution in [-0.2, 0) is 11.2 Å². The first kappa shape index (κ1) is 17.5. The third-order valence-electron chi connectivity index (χ3n) is 3.55. The van der Waals surface area contributed by atoms with E-state index in [1.54, 1.807) is 18.2 Å². The van der Waals surface area contributed by atoms with Crippen LogP contribution in [0.2, 0.25) is 10.0 Å². The van der Waals surface area contributed by atoms with Crippen LogP contribution in [0.25, 0.3) is 11.4 Å². The molecule has 0 saturated heterocycles. The number of halogens is 2. The van der Waals surface area contributed by atoms with Crippen LogP contribution in [0.4, 0.5) is 5.69 Å². The molecule has 25 heavy (non-hydrogen) atoms. The molecule has 1 N–H and O–H groups in total. The van der Waals surface area contributed by atoms with Gasteiger partial charge in [0.2, 0.25) is 17.6 Å². The zero-order valence-corrected chi connectivity index (χ0v) is 14.9. The van der Waals surface area contributed by atoms with E-state index in [2.05, 4.69) is 15.5 Å². The van der Waals surface area contributed by atoms with Crippen LogP contribution >= 0.6 is 23.2 Å². The lowest BCUT2D eigenvalue weighted by molar-refractivity contribution is -0.116. The summed E-state index contributed by atoms with van der Waals surface area (Å²) in [6.45, 7) is 2.01. The molecule has 0 aliphatic carbocycles. The maximum atomic E-state index is 12.1. The van der Waals surface area contributed by atoms with Crippen molar-refractivity contribution in [3.8, 4) is 11.4 Å². The summed E-state index contributed by atoms with van der Waals surface area (Å²) in [6, 6.07) is 12.7. The molecule has 0 unspecified atom stereocenters. The van der Waals surface area contributed by atoms with E-state index in [9.17, 15) is 4.79 Å². The summed E-state index contributed by atoms with van der Waals surface area (Å²) in [5.74, 6) is 0.704. The number of rotatable bonds is 5. The molecular weight excluding hydrogens is 361 g/mol. The van der Waals surface area contributed by atoms with Gasteiger partial charge in [-0.25, -0.2) is 0 Å². The summed E-state index contributed by atoms with van der Waals surface area (Å²) in [7, 11) is 0. The van der Waals surface area contributed by atoms with Crippen molar-refractivity contribution >= 4 is 34.8 Å². The van der Waals surface area contributed by atoms with E-state index in [1.807, 2.05) is 31.2 Å². The zero-order valence-electron chi connectivity index (χ0n) is 13.4. The van der Waals surface area contributed by atoms with E-state index >= 15 is 0 Å². The minimum absolute atomic E-state index is 0.193. The number of hydrogen-bond donors (Lipinski definition) is 1. The normalized spacial score (nSPS) is 10.7.